The Balaban J connectivity index is 0.000000283. The number of pyridine rings is 1. The number of ether oxygens (including phenoxy) is 1. The summed E-state index contributed by atoms with van der Waals surface area (Å²) >= 11 is 0. The van der Waals surface area contributed by atoms with Crippen molar-refractivity contribution in [2.24, 2.45) is 0 Å². The van der Waals surface area contributed by atoms with Crippen molar-refractivity contribution in [1.29, 1.82) is 0 Å². The average molecular weight is 500 g/mol. The van der Waals surface area contributed by atoms with Crippen molar-refractivity contribution in [1.82, 2.24) is 15.0 Å². The first-order valence-corrected chi connectivity index (χ1v) is 12.4. The standard InChI is InChI=1S/C15H16N2O4S.C10H13NO2/c18-15(19)14(9-13-7-4-8-16-10-13)17-22(20,21)11-12-5-2-1-3-6-12;1-11-7-10(12)13-8-9-5-3-2-4-6-9/h1-8,10,14,17H,9,11H2,(H,18,19);2-6,11H,7-8H2,1H3/t14-;/m0./s1. The molecule has 0 fully saturated rings. The van der Waals surface area contributed by atoms with E-state index >= 15 is 0 Å². The van der Waals surface area contributed by atoms with E-state index in [0.717, 1.165) is 5.56 Å². The molecule has 1 aromatic heterocycles. The summed E-state index contributed by atoms with van der Waals surface area (Å²) in [4.78, 5) is 26.1. The summed E-state index contributed by atoms with van der Waals surface area (Å²) in [5.74, 6) is -1.71. The van der Waals surface area contributed by atoms with Crippen LogP contribution in [-0.4, -0.2) is 50.1 Å². The molecule has 35 heavy (non-hydrogen) atoms. The lowest BCUT2D eigenvalue weighted by Gasteiger charge is -2.14. The van der Waals surface area contributed by atoms with E-state index in [0.29, 0.717) is 17.7 Å². The SMILES string of the molecule is CNCC(=O)OCc1ccccc1.O=C(O)[C@H](Cc1cccnc1)NS(=O)(=O)Cc1ccccc1. The zero-order valence-electron chi connectivity index (χ0n) is 19.3. The van der Waals surface area contributed by atoms with Crippen LogP contribution in [-0.2, 0) is 43.1 Å². The largest absolute Gasteiger partial charge is 0.480 e. The summed E-state index contributed by atoms with van der Waals surface area (Å²) in [6.07, 6.45) is 3.12. The number of carbonyl (C=O) groups is 2. The van der Waals surface area contributed by atoms with E-state index in [9.17, 15) is 23.1 Å². The molecule has 3 aromatic rings. The van der Waals surface area contributed by atoms with E-state index in [1.54, 1.807) is 55.7 Å². The van der Waals surface area contributed by atoms with Gasteiger partial charge in [0.15, 0.2) is 0 Å². The molecule has 0 saturated heterocycles. The lowest BCUT2D eigenvalue weighted by atomic mass is 10.1. The number of aromatic nitrogens is 1. The highest BCUT2D eigenvalue weighted by Crippen LogP contribution is 2.08. The molecule has 0 aliphatic heterocycles. The third-order valence-electron chi connectivity index (χ3n) is 4.55. The highest BCUT2D eigenvalue weighted by atomic mass is 32.2. The second kappa shape index (κ2) is 14.6. The fourth-order valence-corrected chi connectivity index (χ4v) is 4.25. The Morgan fingerprint density at radius 2 is 1.54 bits per heavy atom. The van der Waals surface area contributed by atoms with Crippen LogP contribution < -0.4 is 10.0 Å². The number of carboxylic acid groups (broad SMARTS) is 1. The van der Waals surface area contributed by atoms with Crippen LogP contribution in [0.5, 0.6) is 0 Å². The van der Waals surface area contributed by atoms with Crippen LogP contribution in [0.1, 0.15) is 16.7 Å². The van der Waals surface area contributed by atoms with E-state index in [1.807, 2.05) is 30.3 Å². The molecule has 186 valence electrons. The zero-order valence-corrected chi connectivity index (χ0v) is 20.1. The van der Waals surface area contributed by atoms with Gasteiger partial charge in [-0.25, -0.2) is 13.1 Å². The Kier molecular flexibility index (Phi) is 11.5. The van der Waals surface area contributed by atoms with Crippen molar-refractivity contribution in [2.45, 2.75) is 24.8 Å². The molecule has 9 nitrogen and oxygen atoms in total. The van der Waals surface area contributed by atoms with Crippen molar-refractivity contribution in [3.05, 3.63) is 102 Å². The summed E-state index contributed by atoms with van der Waals surface area (Å²) in [7, 11) is -2.04. The topological polar surface area (TPSA) is 135 Å². The first-order chi connectivity index (χ1) is 16.8. The molecule has 1 heterocycles. The first-order valence-electron chi connectivity index (χ1n) is 10.8. The van der Waals surface area contributed by atoms with Gasteiger partial charge in [0.2, 0.25) is 10.0 Å². The number of nitrogens with zero attached hydrogens (tertiary/aromatic N) is 1. The lowest BCUT2D eigenvalue weighted by molar-refractivity contribution is -0.143. The highest BCUT2D eigenvalue weighted by molar-refractivity contribution is 7.88. The summed E-state index contributed by atoms with van der Waals surface area (Å²) in [6, 6.07) is 20.4. The number of hydrogen-bond donors (Lipinski definition) is 3. The van der Waals surface area contributed by atoms with Gasteiger partial charge in [0.1, 0.15) is 12.6 Å². The van der Waals surface area contributed by atoms with E-state index in [2.05, 4.69) is 15.0 Å². The summed E-state index contributed by atoms with van der Waals surface area (Å²) in [5.41, 5.74) is 2.25. The molecule has 0 amide bonds. The molecule has 3 rings (SSSR count). The number of sulfonamides is 1. The lowest BCUT2D eigenvalue weighted by Crippen LogP contribution is -2.42. The maximum Gasteiger partial charge on any atom is 0.322 e. The zero-order chi connectivity index (χ0) is 25.5. The maximum atomic E-state index is 12.1. The van der Waals surface area contributed by atoms with E-state index in [-0.39, 0.29) is 24.7 Å². The second-order valence-electron chi connectivity index (χ2n) is 7.50. The molecule has 0 saturated carbocycles. The van der Waals surface area contributed by atoms with Crippen molar-refractivity contribution >= 4 is 22.0 Å². The van der Waals surface area contributed by atoms with Gasteiger partial charge in [0.05, 0.1) is 12.3 Å². The van der Waals surface area contributed by atoms with Gasteiger partial charge in [-0.1, -0.05) is 66.7 Å². The number of hydrogen-bond acceptors (Lipinski definition) is 7. The van der Waals surface area contributed by atoms with E-state index in [4.69, 9.17) is 4.74 Å². The second-order valence-corrected chi connectivity index (χ2v) is 9.25. The fourth-order valence-electron chi connectivity index (χ4n) is 2.92. The molecule has 1 atom stereocenters. The monoisotopic (exact) mass is 499 g/mol. The number of carbonyl (C=O) groups excluding carboxylic acids is 1. The minimum Gasteiger partial charge on any atom is -0.480 e. The van der Waals surface area contributed by atoms with Crippen molar-refractivity contribution < 1.29 is 27.9 Å². The molecule has 10 heteroatoms. The first kappa shape index (κ1) is 27.6. The molecule has 0 aliphatic carbocycles. The quantitative estimate of drug-likeness (QED) is 0.342. The smallest absolute Gasteiger partial charge is 0.322 e. The molecule has 0 bridgehead atoms. The summed E-state index contributed by atoms with van der Waals surface area (Å²) < 4.78 is 31.4. The van der Waals surface area contributed by atoms with Crippen LogP contribution in [0.2, 0.25) is 0 Å². The Bertz CT molecular complexity index is 1140. The average Bonchev–Trinajstić information content (AvgIpc) is 2.84. The van der Waals surface area contributed by atoms with Crippen LogP contribution in [0.4, 0.5) is 0 Å². The predicted octanol–water partition coefficient (Wildman–Crippen LogP) is 2.15. The van der Waals surface area contributed by atoms with Crippen molar-refractivity contribution in [3.63, 3.8) is 0 Å². The molecule has 0 unspecified atom stereocenters. The Hall–Kier alpha value is -3.60. The van der Waals surface area contributed by atoms with Crippen molar-refractivity contribution in [2.75, 3.05) is 13.6 Å². The third-order valence-corrected chi connectivity index (χ3v) is 5.90. The number of likely N-dealkylation sites (N-methyl/N-ethyl adjacent to an activating group) is 1. The molecular formula is C25H29N3O6S. The maximum absolute atomic E-state index is 12.1. The normalized spacial score (nSPS) is 11.6. The van der Waals surface area contributed by atoms with Gasteiger partial charge in [0.25, 0.3) is 0 Å². The highest BCUT2D eigenvalue weighted by Gasteiger charge is 2.24. The van der Waals surface area contributed by atoms with Crippen LogP contribution in [0.15, 0.2) is 85.2 Å². The van der Waals surface area contributed by atoms with Gasteiger partial charge < -0.3 is 15.2 Å². The van der Waals surface area contributed by atoms with Crippen molar-refractivity contribution in [3.8, 4) is 0 Å². The Morgan fingerprint density at radius 3 is 2.09 bits per heavy atom. The number of benzene rings is 2. The van der Waals surface area contributed by atoms with Gasteiger partial charge in [-0.15, -0.1) is 0 Å². The predicted molar refractivity (Wildman–Crippen MR) is 132 cm³/mol. The third kappa shape index (κ3) is 11.4. The molecule has 0 aliphatic rings. The number of rotatable bonds is 11. The molecule has 0 spiro atoms. The van der Waals surface area contributed by atoms with Gasteiger partial charge >= 0.3 is 11.9 Å². The fraction of sp³-hybridized carbons (Fsp3) is 0.240. The van der Waals surface area contributed by atoms with Crippen LogP contribution >= 0.6 is 0 Å². The van der Waals surface area contributed by atoms with Gasteiger partial charge in [-0.2, -0.15) is 0 Å². The van der Waals surface area contributed by atoms with E-state index < -0.39 is 22.0 Å². The van der Waals surface area contributed by atoms with E-state index in [1.165, 1.54) is 6.20 Å². The molecular weight excluding hydrogens is 470 g/mol. The molecule has 3 N–H and O–H groups in total. The number of nitrogens with one attached hydrogen (secondary N) is 2. The number of esters is 1. The van der Waals surface area contributed by atoms with Gasteiger partial charge in [-0.3, -0.25) is 14.6 Å². The minimum absolute atomic E-state index is 0.0389. The number of carboxylic acids is 1. The number of aliphatic carboxylic acids is 1. The van der Waals surface area contributed by atoms with Crippen LogP contribution in [0, 0.1) is 0 Å². The van der Waals surface area contributed by atoms with Crippen LogP contribution in [0.3, 0.4) is 0 Å². The Morgan fingerprint density at radius 1 is 0.943 bits per heavy atom. The summed E-state index contributed by atoms with van der Waals surface area (Å²) in [6.45, 7) is 0.605. The molecule has 0 radical (unpaired) electrons. The van der Waals surface area contributed by atoms with Gasteiger partial charge in [0, 0.05) is 18.8 Å². The summed E-state index contributed by atoms with van der Waals surface area (Å²) in [5, 5.41) is 11.9. The minimum atomic E-state index is -3.75. The Labute approximate surface area is 205 Å². The molecule has 2 aromatic carbocycles. The van der Waals surface area contributed by atoms with Crippen LogP contribution in [0.25, 0.3) is 0 Å². The van der Waals surface area contributed by atoms with Gasteiger partial charge in [-0.05, 0) is 29.8 Å².